The molecule has 0 spiro atoms. The van der Waals surface area contributed by atoms with Crippen molar-refractivity contribution in [2.45, 2.75) is 32.9 Å². The molecular weight excluding hydrogens is 278 g/mol. The summed E-state index contributed by atoms with van der Waals surface area (Å²) in [5.74, 6) is 0. The summed E-state index contributed by atoms with van der Waals surface area (Å²) in [5, 5.41) is 5.62. The van der Waals surface area contributed by atoms with Crippen LogP contribution in [0.25, 0.3) is 21.6 Å². The summed E-state index contributed by atoms with van der Waals surface area (Å²) in [4.78, 5) is 10.4. The van der Waals surface area contributed by atoms with Crippen molar-refractivity contribution in [1.29, 1.82) is 0 Å². The van der Waals surface area contributed by atoms with Crippen molar-refractivity contribution in [1.82, 2.24) is 15.3 Å². The fourth-order valence-electron chi connectivity index (χ4n) is 2.05. The van der Waals surface area contributed by atoms with Crippen molar-refractivity contribution in [3.8, 4) is 10.7 Å². The second-order valence-corrected chi connectivity index (χ2v) is 7.24. The number of hydrogen-bond acceptors (Lipinski definition) is 4. The van der Waals surface area contributed by atoms with Gasteiger partial charge in [-0.25, -0.2) is 9.97 Å². The van der Waals surface area contributed by atoms with E-state index >= 15 is 0 Å². The Morgan fingerprint density at radius 1 is 1.10 bits per heavy atom. The zero-order valence-corrected chi connectivity index (χ0v) is 13.4. The second kappa shape index (κ2) is 5.54. The van der Waals surface area contributed by atoms with Gasteiger partial charge < -0.3 is 5.32 Å². The highest BCUT2D eigenvalue weighted by Gasteiger charge is 2.11. The van der Waals surface area contributed by atoms with Crippen LogP contribution < -0.4 is 5.32 Å². The Hall–Kier alpha value is -1.78. The number of benzene rings is 1. The maximum atomic E-state index is 4.70. The third-order valence-corrected chi connectivity index (χ3v) is 4.18. The Morgan fingerprint density at radius 3 is 2.71 bits per heavy atom. The van der Waals surface area contributed by atoms with Crippen LogP contribution in [0.5, 0.6) is 0 Å². The first kappa shape index (κ1) is 14.2. The molecule has 0 unspecified atom stereocenters. The number of nitrogens with zero attached hydrogens (tertiary/aromatic N) is 2. The first-order valence-corrected chi connectivity index (χ1v) is 7.89. The van der Waals surface area contributed by atoms with E-state index in [1.807, 2.05) is 30.5 Å². The van der Waals surface area contributed by atoms with Crippen LogP contribution >= 0.6 is 11.3 Å². The quantitative estimate of drug-likeness (QED) is 0.785. The molecule has 0 fully saturated rings. The summed E-state index contributed by atoms with van der Waals surface area (Å²) in [6.07, 6.45) is 1.94. The molecule has 3 aromatic rings. The third kappa shape index (κ3) is 3.46. The van der Waals surface area contributed by atoms with Crippen LogP contribution in [0.4, 0.5) is 0 Å². The molecule has 2 aromatic heterocycles. The second-order valence-electron chi connectivity index (χ2n) is 6.12. The minimum atomic E-state index is 0.116. The van der Waals surface area contributed by atoms with E-state index in [9.17, 15) is 0 Å². The molecule has 108 valence electrons. The van der Waals surface area contributed by atoms with Gasteiger partial charge in [0.25, 0.3) is 0 Å². The number of fused-ring (bicyclic) bond motifs is 1. The molecule has 0 saturated carbocycles. The lowest BCUT2D eigenvalue weighted by molar-refractivity contribution is 0.426. The SMILES string of the molecule is CC(C)(C)NCc1cnc(-c2ccc3ccccc3n2)s1. The van der Waals surface area contributed by atoms with Crippen LogP contribution in [0.1, 0.15) is 25.6 Å². The molecule has 1 aromatic carbocycles. The molecule has 4 heteroatoms. The lowest BCUT2D eigenvalue weighted by Gasteiger charge is -2.19. The standard InChI is InChI=1S/C17H19N3S/c1-17(2,3)19-11-13-10-18-16(21-13)15-9-8-12-6-4-5-7-14(12)20-15/h4-10,19H,11H2,1-3H3. The predicted octanol–water partition coefficient (Wildman–Crippen LogP) is 4.25. The highest BCUT2D eigenvalue weighted by Crippen LogP contribution is 2.25. The molecule has 2 heterocycles. The van der Waals surface area contributed by atoms with Crippen LogP contribution in [0, 0.1) is 0 Å². The van der Waals surface area contributed by atoms with Crippen LogP contribution in [0.2, 0.25) is 0 Å². The van der Waals surface area contributed by atoms with Gasteiger partial charge >= 0.3 is 0 Å². The Balaban J connectivity index is 1.84. The van der Waals surface area contributed by atoms with E-state index < -0.39 is 0 Å². The number of aromatic nitrogens is 2. The van der Waals surface area contributed by atoms with Crippen molar-refractivity contribution in [3.05, 3.63) is 47.5 Å². The van der Waals surface area contributed by atoms with Crippen LogP contribution in [0.3, 0.4) is 0 Å². The number of para-hydroxylation sites is 1. The molecular formula is C17H19N3S. The van der Waals surface area contributed by atoms with Crippen molar-refractivity contribution in [2.24, 2.45) is 0 Å². The van der Waals surface area contributed by atoms with Gasteiger partial charge in [-0.2, -0.15) is 0 Å². The first-order chi connectivity index (χ1) is 10.0. The van der Waals surface area contributed by atoms with Crippen molar-refractivity contribution in [2.75, 3.05) is 0 Å². The molecule has 0 saturated heterocycles. The van der Waals surface area contributed by atoms with Crippen molar-refractivity contribution in [3.63, 3.8) is 0 Å². The van der Waals surface area contributed by atoms with Gasteiger partial charge in [0.05, 0.1) is 11.2 Å². The Morgan fingerprint density at radius 2 is 1.90 bits per heavy atom. The van der Waals surface area contributed by atoms with Gasteiger partial charge in [-0.1, -0.05) is 24.3 Å². The van der Waals surface area contributed by atoms with Crippen molar-refractivity contribution >= 4 is 22.2 Å². The molecule has 0 radical (unpaired) electrons. The van der Waals surface area contributed by atoms with Gasteiger partial charge in [0.2, 0.25) is 0 Å². The lowest BCUT2D eigenvalue weighted by Crippen LogP contribution is -2.34. The number of rotatable bonds is 3. The average Bonchev–Trinajstić information content (AvgIpc) is 2.93. The van der Waals surface area contributed by atoms with E-state index in [0.29, 0.717) is 0 Å². The van der Waals surface area contributed by atoms with Crippen LogP contribution in [0.15, 0.2) is 42.6 Å². The number of pyridine rings is 1. The smallest absolute Gasteiger partial charge is 0.142 e. The summed E-state index contributed by atoms with van der Waals surface area (Å²) >= 11 is 1.70. The average molecular weight is 297 g/mol. The minimum Gasteiger partial charge on any atom is -0.307 e. The van der Waals surface area contributed by atoms with E-state index in [-0.39, 0.29) is 5.54 Å². The molecule has 1 N–H and O–H groups in total. The topological polar surface area (TPSA) is 37.8 Å². The van der Waals surface area contributed by atoms with Gasteiger partial charge in [0.1, 0.15) is 5.01 Å². The fourth-order valence-corrected chi connectivity index (χ4v) is 2.87. The molecule has 21 heavy (non-hydrogen) atoms. The number of hydrogen-bond donors (Lipinski definition) is 1. The molecule has 0 aliphatic carbocycles. The highest BCUT2D eigenvalue weighted by molar-refractivity contribution is 7.15. The molecule has 0 bridgehead atoms. The Bertz CT molecular complexity index is 756. The summed E-state index contributed by atoms with van der Waals surface area (Å²) < 4.78 is 0. The van der Waals surface area contributed by atoms with Gasteiger partial charge in [0, 0.05) is 28.5 Å². The maximum absolute atomic E-state index is 4.70. The summed E-state index contributed by atoms with van der Waals surface area (Å²) in [6.45, 7) is 7.34. The van der Waals surface area contributed by atoms with Gasteiger partial charge in [-0.3, -0.25) is 0 Å². The normalized spacial score (nSPS) is 12.0. The molecule has 0 atom stereocenters. The number of nitrogens with one attached hydrogen (secondary N) is 1. The Labute approximate surface area is 129 Å². The molecule has 0 amide bonds. The maximum Gasteiger partial charge on any atom is 0.142 e. The minimum absolute atomic E-state index is 0.116. The van der Waals surface area contributed by atoms with E-state index in [1.165, 1.54) is 4.88 Å². The van der Waals surface area contributed by atoms with Gasteiger partial charge in [-0.15, -0.1) is 11.3 Å². The monoisotopic (exact) mass is 297 g/mol. The lowest BCUT2D eigenvalue weighted by atomic mass is 10.1. The molecule has 0 aliphatic heterocycles. The summed E-state index contributed by atoms with van der Waals surface area (Å²) in [6, 6.07) is 12.3. The highest BCUT2D eigenvalue weighted by atomic mass is 32.1. The van der Waals surface area contributed by atoms with Gasteiger partial charge in [0.15, 0.2) is 0 Å². The van der Waals surface area contributed by atoms with Crippen LogP contribution in [-0.4, -0.2) is 15.5 Å². The largest absolute Gasteiger partial charge is 0.307 e. The Kier molecular flexibility index (Phi) is 3.74. The predicted molar refractivity (Wildman–Crippen MR) is 89.4 cm³/mol. The molecule has 0 aliphatic rings. The molecule has 3 rings (SSSR count). The van der Waals surface area contributed by atoms with E-state index in [2.05, 4.69) is 43.2 Å². The van der Waals surface area contributed by atoms with Crippen molar-refractivity contribution < 1.29 is 0 Å². The van der Waals surface area contributed by atoms with E-state index in [4.69, 9.17) is 4.98 Å². The summed E-state index contributed by atoms with van der Waals surface area (Å²) in [5.41, 5.74) is 2.08. The first-order valence-electron chi connectivity index (χ1n) is 7.07. The zero-order valence-electron chi connectivity index (χ0n) is 12.6. The number of thiazole rings is 1. The molecule has 3 nitrogen and oxygen atoms in total. The van der Waals surface area contributed by atoms with E-state index in [0.717, 1.165) is 28.1 Å². The third-order valence-electron chi connectivity index (χ3n) is 3.16. The fraction of sp³-hybridized carbons (Fsp3) is 0.294. The van der Waals surface area contributed by atoms with E-state index in [1.54, 1.807) is 11.3 Å². The van der Waals surface area contributed by atoms with Crippen LogP contribution in [-0.2, 0) is 6.54 Å². The van der Waals surface area contributed by atoms with Gasteiger partial charge in [-0.05, 0) is 32.9 Å². The summed E-state index contributed by atoms with van der Waals surface area (Å²) in [7, 11) is 0. The zero-order chi connectivity index (χ0) is 14.9.